The van der Waals surface area contributed by atoms with Gasteiger partial charge in [0.2, 0.25) is 5.91 Å². The molecule has 1 aliphatic rings. The Morgan fingerprint density at radius 1 is 1.45 bits per heavy atom. The van der Waals surface area contributed by atoms with E-state index in [-0.39, 0.29) is 18.3 Å². The lowest BCUT2D eigenvalue weighted by atomic mass is 10.2. The Bertz CT molecular complexity index is 469. The lowest BCUT2D eigenvalue weighted by molar-refractivity contribution is -0.122. The number of carbonyl (C=O) groups excluding carboxylic acids is 1. The molecule has 124 valence electrons. The van der Waals surface area contributed by atoms with Crippen LogP contribution in [0.1, 0.15) is 24.8 Å². The third kappa shape index (κ3) is 6.46. The Morgan fingerprint density at radius 2 is 2.18 bits per heavy atom. The van der Waals surface area contributed by atoms with Crippen molar-refractivity contribution in [3.05, 3.63) is 29.8 Å². The lowest BCUT2D eigenvalue weighted by Gasteiger charge is -2.14. The second kappa shape index (κ2) is 9.98. The molecule has 2 rings (SSSR count). The Morgan fingerprint density at radius 3 is 2.86 bits per heavy atom. The van der Waals surface area contributed by atoms with Gasteiger partial charge < -0.3 is 15.8 Å². The van der Waals surface area contributed by atoms with Gasteiger partial charge >= 0.3 is 0 Å². The number of hydrogen-bond donors (Lipinski definition) is 2. The van der Waals surface area contributed by atoms with Gasteiger partial charge in [0, 0.05) is 12.1 Å². The van der Waals surface area contributed by atoms with Crippen LogP contribution >= 0.6 is 24.2 Å². The molecule has 1 fully saturated rings. The lowest BCUT2D eigenvalue weighted by Crippen LogP contribution is -2.40. The summed E-state index contributed by atoms with van der Waals surface area (Å²) in [5, 5.41) is 2.90. The van der Waals surface area contributed by atoms with Gasteiger partial charge in [0.05, 0.1) is 12.6 Å². The van der Waals surface area contributed by atoms with Crippen LogP contribution in [0.3, 0.4) is 0 Å². The zero-order valence-corrected chi connectivity index (χ0v) is 14.6. The van der Waals surface area contributed by atoms with E-state index in [1.807, 2.05) is 30.5 Å². The molecule has 0 bridgehead atoms. The van der Waals surface area contributed by atoms with Gasteiger partial charge in [0.25, 0.3) is 0 Å². The topological polar surface area (TPSA) is 64.4 Å². The van der Waals surface area contributed by atoms with Crippen molar-refractivity contribution in [2.24, 2.45) is 11.7 Å². The molecule has 1 saturated carbocycles. The minimum atomic E-state index is -0.433. The van der Waals surface area contributed by atoms with Crippen molar-refractivity contribution in [1.29, 1.82) is 0 Å². The maximum absolute atomic E-state index is 11.9. The molecule has 0 saturated heterocycles. The molecular formula is C16H25ClN2O2S. The average Bonchev–Trinajstić information content (AvgIpc) is 3.33. The highest BCUT2D eigenvalue weighted by Crippen LogP contribution is 2.30. The molecule has 1 amide bonds. The fraction of sp³-hybridized carbons (Fsp3) is 0.562. The highest BCUT2D eigenvalue weighted by atomic mass is 35.5. The number of benzene rings is 1. The number of nitrogens with two attached hydrogens (primary N) is 1. The van der Waals surface area contributed by atoms with Gasteiger partial charge in [0.1, 0.15) is 5.75 Å². The van der Waals surface area contributed by atoms with Gasteiger partial charge in [-0.15, -0.1) is 12.4 Å². The van der Waals surface area contributed by atoms with Gasteiger partial charge in [0.15, 0.2) is 0 Å². The first-order valence-corrected chi connectivity index (χ1v) is 8.83. The molecule has 22 heavy (non-hydrogen) atoms. The zero-order valence-electron chi connectivity index (χ0n) is 12.9. The van der Waals surface area contributed by atoms with Crippen molar-refractivity contribution in [1.82, 2.24) is 5.32 Å². The number of para-hydroxylation sites is 1. The molecule has 1 atom stereocenters. The van der Waals surface area contributed by atoms with Crippen LogP contribution < -0.4 is 15.8 Å². The van der Waals surface area contributed by atoms with Crippen LogP contribution in [0.15, 0.2) is 24.3 Å². The Hall–Kier alpha value is -0.910. The molecule has 4 nitrogen and oxygen atoms in total. The average molecular weight is 345 g/mol. The van der Waals surface area contributed by atoms with Crippen molar-refractivity contribution < 1.29 is 9.53 Å². The van der Waals surface area contributed by atoms with E-state index in [1.54, 1.807) is 11.8 Å². The number of rotatable bonds is 9. The third-order valence-corrected chi connectivity index (χ3v) is 4.21. The third-order valence-electron chi connectivity index (χ3n) is 3.57. The second-order valence-electron chi connectivity index (χ2n) is 5.47. The van der Waals surface area contributed by atoms with E-state index in [9.17, 15) is 4.79 Å². The van der Waals surface area contributed by atoms with Crippen LogP contribution in [-0.2, 0) is 11.3 Å². The first-order valence-electron chi connectivity index (χ1n) is 7.43. The summed E-state index contributed by atoms with van der Waals surface area (Å²) in [6.45, 7) is 1.24. The smallest absolute Gasteiger partial charge is 0.237 e. The van der Waals surface area contributed by atoms with Crippen LogP contribution in [0.2, 0.25) is 0 Å². The highest BCUT2D eigenvalue weighted by Gasteiger charge is 2.22. The number of nitrogens with one attached hydrogen (secondary N) is 1. The molecular weight excluding hydrogens is 320 g/mol. The molecule has 6 heteroatoms. The summed E-state index contributed by atoms with van der Waals surface area (Å²) in [6.07, 6.45) is 5.25. The van der Waals surface area contributed by atoms with Crippen LogP contribution in [0.4, 0.5) is 0 Å². The molecule has 1 aromatic rings. The number of ether oxygens (including phenoxy) is 1. The van der Waals surface area contributed by atoms with E-state index in [1.165, 1.54) is 12.8 Å². The minimum Gasteiger partial charge on any atom is -0.493 e. The largest absolute Gasteiger partial charge is 0.493 e. The summed E-state index contributed by atoms with van der Waals surface area (Å²) in [4.78, 5) is 11.9. The van der Waals surface area contributed by atoms with Gasteiger partial charge in [-0.3, -0.25) is 4.79 Å². The number of halogens is 1. The quantitative estimate of drug-likeness (QED) is 0.722. The van der Waals surface area contributed by atoms with E-state index in [0.29, 0.717) is 18.9 Å². The minimum absolute atomic E-state index is 0. The van der Waals surface area contributed by atoms with E-state index < -0.39 is 6.04 Å². The standard InChI is InChI=1S/C16H24N2O2S.ClH/c1-21-9-8-14(17)16(19)18-10-13-4-2-3-5-15(13)20-11-12-6-7-12;/h2-5,12,14H,6-11,17H2,1H3,(H,18,19);1H/t14-;/m0./s1. The van der Waals surface area contributed by atoms with Gasteiger partial charge in [-0.25, -0.2) is 0 Å². The molecule has 1 aliphatic carbocycles. The monoisotopic (exact) mass is 344 g/mol. The fourth-order valence-electron chi connectivity index (χ4n) is 1.97. The van der Waals surface area contributed by atoms with E-state index in [4.69, 9.17) is 10.5 Å². The van der Waals surface area contributed by atoms with Crippen LogP contribution in [0, 0.1) is 5.92 Å². The SMILES string of the molecule is CSCC[C@H](N)C(=O)NCc1ccccc1OCC1CC1.Cl. The molecule has 0 heterocycles. The molecule has 0 aromatic heterocycles. The summed E-state index contributed by atoms with van der Waals surface area (Å²) >= 11 is 1.70. The summed E-state index contributed by atoms with van der Waals surface area (Å²) in [7, 11) is 0. The van der Waals surface area contributed by atoms with E-state index in [2.05, 4.69) is 5.32 Å². The molecule has 1 aromatic carbocycles. The van der Waals surface area contributed by atoms with Crippen molar-refractivity contribution in [2.45, 2.75) is 31.8 Å². The number of thioether (sulfide) groups is 1. The molecule has 0 unspecified atom stereocenters. The van der Waals surface area contributed by atoms with Gasteiger partial charge in [-0.1, -0.05) is 18.2 Å². The second-order valence-corrected chi connectivity index (χ2v) is 6.45. The molecule has 0 radical (unpaired) electrons. The Kier molecular flexibility index (Phi) is 8.68. The Labute approximate surface area is 143 Å². The number of amides is 1. The van der Waals surface area contributed by atoms with Gasteiger partial charge in [-0.05, 0) is 43.3 Å². The van der Waals surface area contributed by atoms with Crippen molar-refractivity contribution >= 4 is 30.1 Å². The van der Waals surface area contributed by atoms with E-state index in [0.717, 1.165) is 23.7 Å². The van der Waals surface area contributed by atoms with Crippen LogP contribution in [-0.4, -0.2) is 30.6 Å². The highest BCUT2D eigenvalue weighted by molar-refractivity contribution is 7.98. The molecule has 0 spiro atoms. The van der Waals surface area contributed by atoms with Crippen LogP contribution in [0.25, 0.3) is 0 Å². The predicted octanol–water partition coefficient (Wildman–Crippen LogP) is 2.59. The molecule has 3 N–H and O–H groups in total. The zero-order chi connectivity index (χ0) is 15.1. The maximum Gasteiger partial charge on any atom is 0.237 e. The number of hydrogen-bond acceptors (Lipinski definition) is 4. The normalized spacial score (nSPS) is 14.8. The van der Waals surface area contributed by atoms with Crippen LogP contribution in [0.5, 0.6) is 5.75 Å². The fourth-order valence-corrected chi connectivity index (χ4v) is 2.46. The Balaban J connectivity index is 0.00000242. The first-order chi connectivity index (χ1) is 10.2. The first kappa shape index (κ1) is 19.1. The summed E-state index contributed by atoms with van der Waals surface area (Å²) in [5.41, 5.74) is 6.86. The summed E-state index contributed by atoms with van der Waals surface area (Å²) in [5.74, 6) is 2.38. The molecule has 0 aliphatic heterocycles. The van der Waals surface area contributed by atoms with E-state index >= 15 is 0 Å². The van der Waals surface area contributed by atoms with Crippen molar-refractivity contribution in [2.75, 3.05) is 18.6 Å². The van der Waals surface area contributed by atoms with Crippen molar-refractivity contribution in [3.8, 4) is 5.75 Å². The van der Waals surface area contributed by atoms with Gasteiger partial charge in [-0.2, -0.15) is 11.8 Å². The maximum atomic E-state index is 11.9. The number of carbonyl (C=O) groups is 1. The summed E-state index contributed by atoms with van der Waals surface area (Å²) < 4.78 is 5.83. The predicted molar refractivity (Wildman–Crippen MR) is 94.7 cm³/mol. The van der Waals surface area contributed by atoms with Crippen molar-refractivity contribution in [3.63, 3.8) is 0 Å². The summed E-state index contributed by atoms with van der Waals surface area (Å²) in [6, 6.07) is 7.42.